The van der Waals surface area contributed by atoms with Gasteiger partial charge in [0.1, 0.15) is 0 Å². The molecule has 1 saturated carbocycles. The van der Waals surface area contributed by atoms with Gasteiger partial charge in [0, 0.05) is 6.04 Å². The summed E-state index contributed by atoms with van der Waals surface area (Å²) in [5.74, 6) is 0.875. The van der Waals surface area contributed by atoms with Gasteiger partial charge in [0.15, 0.2) is 0 Å². The first-order valence-electron chi connectivity index (χ1n) is 6.74. The standard InChI is InChI=1S/C17H19N.ClH/c18-17(11-13-9-10-13)16-8-4-7-15(12-16)14-5-2-1-3-6-14;/h1-8,12-13,17H,9-11,18H2;1H/t17-;/m1./s1. The van der Waals surface area contributed by atoms with Gasteiger partial charge in [-0.25, -0.2) is 0 Å². The highest BCUT2D eigenvalue weighted by Crippen LogP contribution is 2.37. The third-order valence-corrected chi connectivity index (χ3v) is 3.71. The van der Waals surface area contributed by atoms with Crippen molar-refractivity contribution < 1.29 is 0 Å². The SMILES string of the molecule is Cl.N[C@H](CC1CC1)c1cccc(-c2ccccc2)c1. The monoisotopic (exact) mass is 273 g/mol. The Hall–Kier alpha value is -1.31. The lowest BCUT2D eigenvalue weighted by Gasteiger charge is -2.13. The molecule has 2 aromatic carbocycles. The molecule has 19 heavy (non-hydrogen) atoms. The molecule has 1 aliphatic carbocycles. The van der Waals surface area contributed by atoms with E-state index in [0.29, 0.717) is 0 Å². The highest BCUT2D eigenvalue weighted by atomic mass is 35.5. The van der Waals surface area contributed by atoms with Crippen molar-refractivity contribution >= 4 is 12.4 Å². The summed E-state index contributed by atoms with van der Waals surface area (Å²) in [6.07, 6.45) is 3.87. The topological polar surface area (TPSA) is 26.0 Å². The van der Waals surface area contributed by atoms with Gasteiger partial charge in [-0.1, -0.05) is 61.4 Å². The van der Waals surface area contributed by atoms with Crippen LogP contribution in [-0.2, 0) is 0 Å². The van der Waals surface area contributed by atoms with Crippen LogP contribution in [0.1, 0.15) is 30.9 Å². The quantitative estimate of drug-likeness (QED) is 0.867. The van der Waals surface area contributed by atoms with Gasteiger partial charge in [0.25, 0.3) is 0 Å². The van der Waals surface area contributed by atoms with Crippen LogP contribution in [0.2, 0.25) is 0 Å². The Balaban J connectivity index is 0.00000133. The summed E-state index contributed by atoms with van der Waals surface area (Å²) in [4.78, 5) is 0. The Morgan fingerprint density at radius 3 is 2.32 bits per heavy atom. The molecule has 1 aliphatic rings. The average molecular weight is 274 g/mol. The normalized spacial score (nSPS) is 15.6. The van der Waals surface area contributed by atoms with Crippen molar-refractivity contribution in [1.29, 1.82) is 0 Å². The molecule has 1 atom stereocenters. The van der Waals surface area contributed by atoms with E-state index in [1.54, 1.807) is 0 Å². The van der Waals surface area contributed by atoms with Crippen LogP contribution in [0, 0.1) is 5.92 Å². The van der Waals surface area contributed by atoms with E-state index in [4.69, 9.17) is 5.73 Å². The molecule has 0 unspecified atom stereocenters. The molecule has 1 fully saturated rings. The molecule has 2 N–H and O–H groups in total. The molecule has 0 aromatic heterocycles. The van der Waals surface area contributed by atoms with Crippen molar-refractivity contribution in [3.63, 3.8) is 0 Å². The van der Waals surface area contributed by atoms with Gasteiger partial charge in [0.05, 0.1) is 0 Å². The largest absolute Gasteiger partial charge is 0.324 e. The van der Waals surface area contributed by atoms with Crippen LogP contribution < -0.4 is 5.73 Å². The van der Waals surface area contributed by atoms with E-state index in [9.17, 15) is 0 Å². The number of nitrogens with two attached hydrogens (primary N) is 1. The zero-order valence-electron chi connectivity index (χ0n) is 11.0. The number of hydrogen-bond donors (Lipinski definition) is 1. The highest BCUT2D eigenvalue weighted by Gasteiger charge is 2.24. The summed E-state index contributed by atoms with van der Waals surface area (Å²) in [5, 5.41) is 0. The lowest BCUT2D eigenvalue weighted by atomic mass is 9.97. The molecule has 0 spiro atoms. The van der Waals surface area contributed by atoms with E-state index in [2.05, 4.69) is 48.5 Å². The van der Waals surface area contributed by atoms with E-state index in [1.165, 1.54) is 29.5 Å². The van der Waals surface area contributed by atoms with Crippen molar-refractivity contribution in [3.8, 4) is 11.1 Å². The molecule has 0 bridgehead atoms. The van der Waals surface area contributed by atoms with Crippen molar-refractivity contribution in [2.45, 2.75) is 25.3 Å². The van der Waals surface area contributed by atoms with Gasteiger partial charge in [0.2, 0.25) is 0 Å². The first-order chi connectivity index (χ1) is 8.83. The second-order valence-electron chi connectivity index (χ2n) is 5.28. The Morgan fingerprint density at radius 2 is 1.63 bits per heavy atom. The lowest BCUT2D eigenvalue weighted by molar-refractivity contribution is 0.597. The molecule has 0 heterocycles. The van der Waals surface area contributed by atoms with Gasteiger partial charge < -0.3 is 5.73 Å². The molecule has 0 amide bonds. The van der Waals surface area contributed by atoms with Crippen LogP contribution >= 0.6 is 12.4 Å². The zero-order chi connectivity index (χ0) is 12.4. The van der Waals surface area contributed by atoms with Crippen LogP contribution in [0.25, 0.3) is 11.1 Å². The Morgan fingerprint density at radius 1 is 0.947 bits per heavy atom. The molecule has 100 valence electrons. The van der Waals surface area contributed by atoms with Crippen molar-refractivity contribution in [3.05, 3.63) is 60.2 Å². The molecule has 0 aliphatic heterocycles. The Kier molecular flexibility index (Phi) is 4.62. The molecular formula is C17H20ClN. The summed E-state index contributed by atoms with van der Waals surface area (Å²) in [6, 6.07) is 19.3. The predicted molar refractivity (Wildman–Crippen MR) is 83.4 cm³/mol. The fraction of sp³-hybridized carbons (Fsp3) is 0.294. The van der Waals surface area contributed by atoms with Crippen molar-refractivity contribution in [2.24, 2.45) is 11.7 Å². The minimum absolute atomic E-state index is 0. The van der Waals surface area contributed by atoms with E-state index in [-0.39, 0.29) is 18.4 Å². The maximum Gasteiger partial charge on any atom is 0.0297 e. The number of hydrogen-bond acceptors (Lipinski definition) is 1. The average Bonchev–Trinajstić information content (AvgIpc) is 3.24. The van der Waals surface area contributed by atoms with Gasteiger partial charge >= 0.3 is 0 Å². The van der Waals surface area contributed by atoms with Gasteiger partial charge in [-0.2, -0.15) is 0 Å². The maximum absolute atomic E-state index is 6.28. The highest BCUT2D eigenvalue weighted by molar-refractivity contribution is 5.85. The summed E-state index contributed by atoms with van der Waals surface area (Å²) >= 11 is 0. The molecule has 1 nitrogen and oxygen atoms in total. The third-order valence-electron chi connectivity index (χ3n) is 3.71. The number of rotatable bonds is 4. The molecule has 2 aromatic rings. The second kappa shape index (κ2) is 6.23. The van der Waals surface area contributed by atoms with Gasteiger partial charge in [-0.3, -0.25) is 0 Å². The fourth-order valence-electron chi connectivity index (χ4n) is 2.43. The first-order valence-corrected chi connectivity index (χ1v) is 6.74. The van der Waals surface area contributed by atoms with Crippen LogP contribution in [0.5, 0.6) is 0 Å². The lowest BCUT2D eigenvalue weighted by Crippen LogP contribution is -2.10. The van der Waals surface area contributed by atoms with Gasteiger partial charge in [-0.15, -0.1) is 12.4 Å². The summed E-state index contributed by atoms with van der Waals surface area (Å²) in [6.45, 7) is 0. The minimum atomic E-state index is 0. The fourth-order valence-corrected chi connectivity index (χ4v) is 2.43. The third kappa shape index (κ3) is 3.59. The summed E-state index contributed by atoms with van der Waals surface area (Å²) in [7, 11) is 0. The van der Waals surface area contributed by atoms with E-state index in [0.717, 1.165) is 12.3 Å². The number of halogens is 1. The first kappa shape index (κ1) is 14.1. The van der Waals surface area contributed by atoms with E-state index in [1.807, 2.05) is 6.07 Å². The van der Waals surface area contributed by atoms with Crippen LogP contribution in [0.15, 0.2) is 54.6 Å². The molecular weight excluding hydrogens is 254 g/mol. The summed E-state index contributed by atoms with van der Waals surface area (Å²) in [5.41, 5.74) is 10.1. The van der Waals surface area contributed by atoms with Crippen LogP contribution in [-0.4, -0.2) is 0 Å². The van der Waals surface area contributed by atoms with Crippen molar-refractivity contribution in [1.82, 2.24) is 0 Å². The zero-order valence-corrected chi connectivity index (χ0v) is 11.8. The number of benzene rings is 2. The molecule has 2 heteroatoms. The van der Waals surface area contributed by atoms with E-state index >= 15 is 0 Å². The Bertz CT molecular complexity index is 520. The Labute approximate surface area is 121 Å². The predicted octanol–water partition coefficient (Wildman–Crippen LogP) is 4.58. The summed E-state index contributed by atoms with van der Waals surface area (Å²) < 4.78 is 0. The van der Waals surface area contributed by atoms with Crippen molar-refractivity contribution in [2.75, 3.05) is 0 Å². The van der Waals surface area contributed by atoms with Crippen LogP contribution in [0.3, 0.4) is 0 Å². The minimum Gasteiger partial charge on any atom is -0.324 e. The van der Waals surface area contributed by atoms with Crippen LogP contribution in [0.4, 0.5) is 0 Å². The maximum atomic E-state index is 6.28. The molecule has 0 saturated heterocycles. The second-order valence-corrected chi connectivity index (χ2v) is 5.28. The van der Waals surface area contributed by atoms with E-state index < -0.39 is 0 Å². The smallest absolute Gasteiger partial charge is 0.0297 e. The van der Waals surface area contributed by atoms with Gasteiger partial charge in [-0.05, 0) is 35.1 Å². The molecule has 3 rings (SSSR count). The molecule has 0 radical (unpaired) electrons.